The third-order valence-corrected chi connectivity index (χ3v) is 3.25. The molecule has 23 heavy (non-hydrogen) atoms. The van der Waals surface area contributed by atoms with Gasteiger partial charge in [0.1, 0.15) is 5.75 Å². The minimum atomic E-state index is -0.642. The van der Waals surface area contributed by atoms with Crippen LogP contribution in [0.5, 0.6) is 5.75 Å². The first-order chi connectivity index (χ1) is 11.0. The monoisotopic (exact) mass is 313 g/mol. The average Bonchev–Trinajstić information content (AvgIpc) is 2.54. The Bertz CT molecular complexity index is 694. The summed E-state index contributed by atoms with van der Waals surface area (Å²) >= 11 is 0. The van der Waals surface area contributed by atoms with Crippen molar-refractivity contribution in [3.8, 4) is 5.75 Å². The summed E-state index contributed by atoms with van der Waals surface area (Å²) in [4.78, 5) is 23.5. The fourth-order valence-electron chi connectivity index (χ4n) is 2.00. The van der Waals surface area contributed by atoms with Crippen LogP contribution in [0.1, 0.15) is 22.8 Å². The van der Waals surface area contributed by atoms with Crippen molar-refractivity contribution < 1.29 is 19.1 Å². The van der Waals surface area contributed by atoms with Gasteiger partial charge in [-0.2, -0.15) is 0 Å². The number of benzene rings is 2. The predicted octanol–water partition coefficient (Wildman–Crippen LogP) is 3.19. The second-order valence-electron chi connectivity index (χ2n) is 5.13. The minimum Gasteiger partial charge on any atom is -0.481 e. The Balaban J connectivity index is 1.96. The molecule has 0 unspecified atom stereocenters. The van der Waals surface area contributed by atoms with Crippen LogP contribution in [0.15, 0.2) is 48.5 Å². The third kappa shape index (κ3) is 4.57. The van der Waals surface area contributed by atoms with E-state index in [2.05, 4.69) is 10.1 Å². The number of hydrogen-bond donors (Lipinski definition) is 1. The normalized spacial score (nSPS) is 11.4. The largest absolute Gasteiger partial charge is 0.481 e. The fourth-order valence-corrected chi connectivity index (χ4v) is 2.00. The van der Waals surface area contributed by atoms with Crippen LogP contribution in [0, 0.1) is 6.92 Å². The van der Waals surface area contributed by atoms with Crippen molar-refractivity contribution in [3.05, 3.63) is 59.7 Å². The zero-order valence-electron chi connectivity index (χ0n) is 13.3. The number of rotatable bonds is 5. The quantitative estimate of drug-likeness (QED) is 0.861. The van der Waals surface area contributed by atoms with E-state index < -0.39 is 12.1 Å². The molecule has 1 N–H and O–H groups in total. The van der Waals surface area contributed by atoms with Gasteiger partial charge in [0, 0.05) is 5.69 Å². The van der Waals surface area contributed by atoms with E-state index in [9.17, 15) is 9.59 Å². The van der Waals surface area contributed by atoms with Gasteiger partial charge in [-0.05, 0) is 55.8 Å². The second-order valence-corrected chi connectivity index (χ2v) is 5.13. The molecule has 2 aromatic rings. The minimum absolute atomic E-state index is 0.266. The Labute approximate surface area is 135 Å². The first kappa shape index (κ1) is 16.5. The smallest absolute Gasteiger partial charge is 0.337 e. The molecule has 0 heterocycles. The molecule has 2 rings (SSSR count). The number of aryl methyl sites for hydroxylation is 1. The number of nitrogens with one attached hydrogen (secondary N) is 1. The number of esters is 1. The van der Waals surface area contributed by atoms with E-state index >= 15 is 0 Å². The lowest BCUT2D eigenvalue weighted by Gasteiger charge is -2.15. The summed E-state index contributed by atoms with van der Waals surface area (Å²) in [6.45, 7) is 3.64. The van der Waals surface area contributed by atoms with Gasteiger partial charge in [-0.25, -0.2) is 4.79 Å². The molecular formula is C18H19NO4. The first-order valence-corrected chi connectivity index (χ1v) is 7.22. The molecule has 0 aliphatic carbocycles. The zero-order valence-corrected chi connectivity index (χ0v) is 13.3. The number of ether oxygens (including phenoxy) is 2. The highest BCUT2D eigenvalue weighted by Crippen LogP contribution is 2.16. The van der Waals surface area contributed by atoms with Crippen LogP contribution >= 0.6 is 0 Å². The second kappa shape index (κ2) is 7.45. The van der Waals surface area contributed by atoms with Crippen LogP contribution in [0.4, 0.5) is 5.69 Å². The lowest BCUT2D eigenvalue weighted by atomic mass is 10.2. The Morgan fingerprint density at radius 3 is 2.39 bits per heavy atom. The highest BCUT2D eigenvalue weighted by atomic mass is 16.5. The van der Waals surface area contributed by atoms with Crippen molar-refractivity contribution >= 4 is 17.6 Å². The van der Waals surface area contributed by atoms with Crippen LogP contribution in [-0.2, 0) is 9.53 Å². The van der Waals surface area contributed by atoms with Gasteiger partial charge in [-0.3, -0.25) is 4.79 Å². The van der Waals surface area contributed by atoms with Crippen molar-refractivity contribution in [2.75, 3.05) is 12.4 Å². The van der Waals surface area contributed by atoms with Crippen LogP contribution in [0.2, 0.25) is 0 Å². The van der Waals surface area contributed by atoms with Crippen molar-refractivity contribution in [1.29, 1.82) is 0 Å². The number of carbonyl (C=O) groups excluding carboxylic acids is 2. The van der Waals surface area contributed by atoms with Gasteiger partial charge in [-0.1, -0.05) is 12.1 Å². The van der Waals surface area contributed by atoms with Crippen LogP contribution < -0.4 is 10.1 Å². The number of hydrogen-bond acceptors (Lipinski definition) is 4. The van der Waals surface area contributed by atoms with Gasteiger partial charge in [0.25, 0.3) is 5.91 Å². The molecule has 0 saturated heterocycles. The topological polar surface area (TPSA) is 64.6 Å². The molecule has 0 spiro atoms. The zero-order chi connectivity index (χ0) is 16.8. The Hall–Kier alpha value is -2.82. The Kier molecular flexibility index (Phi) is 5.36. The van der Waals surface area contributed by atoms with Gasteiger partial charge in [0.2, 0.25) is 0 Å². The standard InChI is InChI=1S/C18H19NO4/c1-12-5-4-6-16(11-12)23-13(2)17(20)19-15-9-7-14(8-10-15)18(21)22-3/h4-11,13H,1-3H3,(H,19,20)/t13-/m1/s1. The molecule has 0 bridgehead atoms. The predicted molar refractivity (Wildman–Crippen MR) is 87.7 cm³/mol. The van der Waals surface area contributed by atoms with E-state index in [1.807, 2.05) is 31.2 Å². The summed E-state index contributed by atoms with van der Waals surface area (Å²) in [6, 6.07) is 14.0. The average molecular weight is 313 g/mol. The summed E-state index contributed by atoms with van der Waals surface area (Å²) in [6.07, 6.45) is -0.642. The fraction of sp³-hybridized carbons (Fsp3) is 0.222. The van der Waals surface area contributed by atoms with Gasteiger partial charge in [0.15, 0.2) is 6.10 Å². The van der Waals surface area contributed by atoms with Crippen molar-refractivity contribution in [2.24, 2.45) is 0 Å². The molecule has 120 valence electrons. The lowest BCUT2D eigenvalue weighted by Crippen LogP contribution is -2.30. The van der Waals surface area contributed by atoms with Crippen LogP contribution in [-0.4, -0.2) is 25.1 Å². The van der Waals surface area contributed by atoms with E-state index in [1.165, 1.54) is 7.11 Å². The van der Waals surface area contributed by atoms with Crippen molar-refractivity contribution in [2.45, 2.75) is 20.0 Å². The van der Waals surface area contributed by atoms with Gasteiger partial charge < -0.3 is 14.8 Å². The number of carbonyl (C=O) groups is 2. The summed E-state index contributed by atoms with van der Waals surface area (Å²) in [5.74, 6) is -0.0370. The van der Waals surface area contributed by atoms with Gasteiger partial charge in [0.05, 0.1) is 12.7 Å². The van der Waals surface area contributed by atoms with E-state index in [-0.39, 0.29) is 5.91 Å². The highest BCUT2D eigenvalue weighted by Gasteiger charge is 2.15. The van der Waals surface area contributed by atoms with Crippen LogP contribution in [0.25, 0.3) is 0 Å². The number of methoxy groups -OCH3 is 1. The molecular weight excluding hydrogens is 294 g/mol. The molecule has 1 amide bonds. The molecule has 0 saturated carbocycles. The van der Waals surface area contributed by atoms with E-state index in [0.29, 0.717) is 17.0 Å². The summed E-state index contributed by atoms with van der Waals surface area (Å²) < 4.78 is 10.2. The molecule has 0 aliphatic heterocycles. The van der Waals surface area contributed by atoms with E-state index in [4.69, 9.17) is 4.74 Å². The van der Waals surface area contributed by atoms with E-state index in [0.717, 1.165) is 5.56 Å². The van der Waals surface area contributed by atoms with Gasteiger partial charge >= 0.3 is 5.97 Å². The highest BCUT2D eigenvalue weighted by molar-refractivity contribution is 5.95. The molecule has 0 fully saturated rings. The SMILES string of the molecule is COC(=O)c1ccc(NC(=O)[C@@H](C)Oc2cccc(C)c2)cc1. The summed E-state index contributed by atoms with van der Waals surface area (Å²) in [5, 5.41) is 2.74. The first-order valence-electron chi connectivity index (χ1n) is 7.22. The maximum atomic E-state index is 12.1. The molecule has 5 heteroatoms. The Morgan fingerprint density at radius 1 is 1.09 bits per heavy atom. The molecule has 0 aliphatic rings. The van der Waals surface area contributed by atoms with Gasteiger partial charge in [-0.15, -0.1) is 0 Å². The number of anilines is 1. The number of amides is 1. The summed E-state index contributed by atoms with van der Waals surface area (Å²) in [7, 11) is 1.32. The molecule has 1 atom stereocenters. The van der Waals surface area contributed by atoms with Crippen LogP contribution in [0.3, 0.4) is 0 Å². The van der Waals surface area contributed by atoms with Crippen molar-refractivity contribution in [3.63, 3.8) is 0 Å². The molecule has 2 aromatic carbocycles. The maximum Gasteiger partial charge on any atom is 0.337 e. The third-order valence-electron chi connectivity index (χ3n) is 3.25. The Morgan fingerprint density at radius 2 is 1.78 bits per heavy atom. The molecule has 5 nitrogen and oxygen atoms in total. The summed E-state index contributed by atoms with van der Waals surface area (Å²) in [5.41, 5.74) is 2.07. The molecule has 0 radical (unpaired) electrons. The maximum absolute atomic E-state index is 12.1. The van der Waals surface area contributed by atoms with E-state index in [1.54, 1.807) is 31.2 Å². The molecule has 0 aromatic heterocycles. The lowest BCUT2D eigenvalue weighted by molar-refractivity contribution is -0.122. The van der Waals surface area contributed by atoms with Crippen molar-refractivity contribution in [1.82, 2.24) is 0 Å².